The van der Waals surface area contributed by atoms with E-state index >= 15 is 0 Å². The molecule has 13 heteroatoms. The molecular weight excluding hydrogens is 953 g/mol. The van der Waals surface area contributed by atoms with Gasteiger partial charge < -0.3 is 23.7 Å². The number of hydrogen-bond acceptors (Lipinski definition) is 13. The van der Waals surface area contributed by atoms with Gasteiger partial charge in [-0.05, 0) is 145 Å². The lowest BCUT2D eigenvalue weighted by molar-refractivity contribution is 0.0994. The summed E-state index contributed by atoms with van der Waals surface area (Å²) in [7, 11) is 8.18. The molecule has 7 rings (SSSR count). The van der Waals surface area contributed by atoms with Crippen LogP contribution < -0.4 is 23.7 Å². The van der Waals surface area contributed by atoms with Crippen molar-refractivity contribution in [1.82, 2.24) is 0 Å². The number of ketones is 8. The Morgan fingerprint density at radius 3 is 0.960 bits per heavy atom. The molecule has 0 unspecified atom stereocenters. The first-order valence-corrected chi connectivity index (χ1v) is 23.4. The van der Waals surface area contributed by atoms with Crippen molar-refractivity contribution in [3.8, 4) is 28.7 Å². The number of ether oxygens (including phenoxy) is 5. The van der Waals surface area contributed by atoms with E-state index in [1.165, 1.54) is 72.2 Å². The third-order valence-electron chi connectivity index (χ3n) is 10.8. The van der Waals surface area contributed by atoms with Gasteiger partial charge in [0, 0.05) is 50.6 Å². The third-order valence-corrected chi connectivity index (χ3v) is 10.8. The molecule has 0 fully saturated rings. The van der Waals surface area contributed by atoms with Gasteiger partial charge in [-0.1, -0.05) is 72.8 Å². The highest BCUT2D eigenvalue weighted by Crippen LogP contribution is 2.27. The van der Waals surface area contributed by atoms with Crippen LogP contribution in [0.5, 0.6) is 28.7 Å². The summed E-state index contributed by atoms with van der Waals surface area (Å²) in [5.74, 6) is 3.67. The lowest BCUT2D eigenvalue weighted by Gasteiger charge is -2.06. The van der Waals surface area contributed by atoms with Crippen LogP contribution in [-0.2, 0) is 0 Å². The van der Waals surface area contributed by atoms with Crippen LogP contribution in [-0.4, -0.2) is 81.8 Å². The summed E-state index contributed by atoms with van der Waals surface area (Å²) in [6.07, 6.45) is 0. The monoisotopic (exact) mass is 1020 g/mol. The Morgan fingerprint density at radius 1 is 0.267 bits per heavy atom. The maximum absolute atomic E-state index is 11.2. The smallest absolute Gasteiger partial charge is 0.160 e. The Bertz CT molecular complexity index is 2950. The van der Waals surface area contributed by atoms with Crippen LogP contribution in [0.3, 0.4) is 0 Å². The molecule has 392 valence electrons. The number of rotatable bonds is 13. The molecule has 0 saturated heterocycles. The zero-order valence-corrected chi connectivity index (χ0v) is 45.2. The molecule has 0 N–H and O–H groups in total. The standard InChI is InChI=1S/C13H12O2.C12H12O3.2C10H10O2.C9H12O2.C8H10O2/c1-9(14)10-3-4-12-8-13(15-2)6-5-11(12)7-10;1-7(13)10-4-11(8(2)14)6-12(5-10)9(3)15;1-7(11)9-3-5-10(6-4-9)8(2)12;1-7(11)9-4-3-5-10(6-9)8(2)12;1-7-4-5-8(10-2)9(6-7)11-3;1-9-7-4-3-5-8(6-7)10-2/h3-8H,1-2H3;4-6H,1-3H3;2*3-6H,1-2H3;4-6H,1-3H3;3-6H,1-2H3. The van der Waals surface area contributed by atoms with Crippen molar-refractivity contribution < 1.29 is 62.0 Å². The molecule has 0 aliphatic rings. The minimum Gasteiger partial charge on any atom is -0.497 e. The molecule has 13 nitrogen and oxygen atoms in total. The predicted molar refractivity (Wildman–Crippen MR) is 294 cm³/mol. The molecule has 0 saturated carbocycles. The van der Waals surface area contributed by atoms with E-state index in [0.717, 1.165) is 45.1 Å². The number of benzene rings is 7. The summed E-state index contributed by atoms with van der Waals surface area (Å²) in [6, 6.07) is 42.7. The fraction of sp³-hybridized carbons (Fsp3) is 0.226. The highest BCUT2D eigenvalue weighted by molar-refractivity contribution is 6.05. The predicted octanol–water partition coefficient (Wildman–Crippen LogP) is 13.2. The fourth-order valence-electron chi connectivity index (χ4n) is 6.38. The van der Waals surface area contributed by atoms with Crippen LogP contribution in [0.1, 0.15) is 144 Å². The average molecular weight is 1020 g/mol. The summed E-state index contributed by atoms with van der Waals surface area (Å²) in [4.78, 5) is 88.2. The molecule has 0 atom stereocenters. The number of carbonyl (C=O) groups is 8. The Hall–Kier alpha value is -8.84. The molecule has 0 spiro atoms. The minimum atomic E-state index is -0.152. The molecule has 0 amide bonds. The number of Topliss-reactive ketones (excluding diaryl/α,β-unsaturated/α-hetero) is 8. The normalized spacial score (nSPS) is 9.63. The van der Waals surface area contributed by atoms with E-state index in [1.807, 2.05) is 85.8 Å². The summed E-state index contributed by atoms with van der Waals surface area (Å²) >= 11 is 0. The van der Waals surface area contributed by atoms with Gasteiger partial charge in [0.2, 0.25) is 0 Å². The van der Waals surface area contributed by atoms with Crippen molar-refractivity contribution in [3.63, 3.8) is 0 Å². The second-order valence-corrected chi connectivity index (χ2v) is 16.6. The maximum Gasteiger partial charge on any atom is 0.160 e. The van der Waals surface area contributed by atoms with Gasteiger partial charge in [0.25, 0.3) is 0 Å². The van der Waals surface area contributed by atoms with E-state index in [9.17, 15) is 38.4 Å². The highest BCUT2D eigenvalue weighted by Gasteiger charge is 2.10. The van der Waals surface area contributed by atoms with Gasteiger partial charge in [-0.2, -0.15) is 0 Å². The lowest BCUT2D eigenvalue weighted by atomic mass is 10.00. The van der Waals surface area contributed by atoms with Crippen molar-refractivity contribution in [1.29, 1.82) is 0 Å². The second-order valence-electron chi connectivity index (χ2n) is 16.6. The molecule has 0 heterocycles. The van der Waals surface area contributed by atoms with E-state index in [1.54, 1.807) is 91.0 Å². The summed E-state index contributed by atoms with van der Waals surface area (Å²) < 4.78 is 25.2. The van der Waals surface area contributed by atoms with E-state index in [0.29, 0.717) is 38.9 Å². The van der Waals surface area contributed by atoms with Crippen LogP contribution >= 0.6 is 0 Å². The van der Waals surface area contributed by atoms with Crippen molar-refractivity contribution in [3.05, 3.63) is 196 Å². The second kappa shape index (κ2) is 31.6. The Labute approximate surface area is 439 Å². The average Bonchev–Trinajstić information content (AvgIpc) is 3.41. The molecule has 75 heavy (non-hydrogen) atoms. The van der Waals surface area contributed by atoms with Crippen molar-refractivity contribution in [2.75, 3.05) is 35.5 Å². The SMILES string of the molecule is CC(=O)c1cc(C(C)=O)cc(C(C)=O)c1.CC(=O)c1ccc(C(C)=O)cc1.CC(=O)c1cccc(C(C)=O)c1.COc1ccc(C)cc1OC.COc1ccc2cc(C(C)=O)ccc2c1.COc1cccc(OC)c1. The van der Waals surface area contributed by atoms with Crippen LogP contribution in [0.15, 0.2) is 146 Å². The maximum atomic E-state index is 11.2. The van der Waals surface area contributed by atoms with Gasteiger partial charge in [0.05, 0.1) is 35.5 Å². The van der Waals surface area contributed by atoms with Gasteiger partial charge in [-0.15, -0.1) is 0 Å². The molecule has 7 aromatic rings. The van der Waals surface area contributed by atoms with Crippen LogP contribution in [0, 0.1) is 6.92 Å². The largest absolute Gasteiger partial charge is 0.497 e. The van der Waals surface area contributed by atoms with Crippen molar-refractivity contribution >= 4 is 57.0 Å². The van der Waals surface area contributed by atoms with Crippen molar-refractivity contribution in [2.45, 2.75) is 62.3 Å². The molecule has 7 aromatic carbocycles. The van der Waals surface area contributed by atoms with Crippen molar-refractivity contribution in [2.24, 2.45) is 0 Å². The van der Waals surface area contributed by atoms with Gasteiger partial charge in [-0.3, -0.25) is 38.4 Å². The number of fused-ring (bicyclic) bond motifs is 1. The number of methoxy groups -OCH3 is 5. The van der Waals surface area contributed by atoms with Gasteiger partial charge in [-0.25, -0.2) is 0 Å². The molecule has 0 radical (unpaired) electrons. The summed E-state index contributed by atoms with van der Waals surface area (Å²) in [6.45, 7) is 13.8. The summed E-state index contributed by atoms with van der Waals surface area (Å²) in [5.41, 5.74) is 5.55. The third kappa shape index (κ3) is 21.4. The van der Waals surface area contributed by atoms with E-state index in [-0.39, 0.29) is 46.3 Å². The lowest BCUT2D eigenvalue weighted by Crippen LogP contribution is -2.03. The number of aryl methyl sites for hydroxylation is 1. The first-order chi connectivity index (χ1) is 35.5. The molecular formula is C62H66O13. The van der Waals surface area contributed by atoms with Gasteiger partial charge in [0.15, 0.2) is 57.8 Å². The molecule has 0 aliphatic carbocycles. The van der Waals surface area contributed by atoms with E-state index in [2.05, 4.69) is 0 Å². The Kier molecular flexibility index (Phi) is 26.2. The zero-order valence-electron chi connectivity index (χ0n) is 45.2. The summed E-state index contributed by atoms with van der Waals surface area (Å²) in [5, 5.41) is 2.14. The number of carbonyl (C=O) groups excluding carboxylic acids is 8. The van der Waals surface area contributed by atoms with Gasteiger partial charge in [0.1, 0.15) is 17.2 Å². The van der Waals surface area contributed by atoms with Gasteiger partial charge >= 0.3 is 0 Å². The Morgan fingerprint density at radius 2 is 0.587 bits per heavy atom. The first kappa shape index (κ1) is 62.3. The Balaban J connectivity index is 0.000000310. The highest BCUT2D eigenvalue weighted by atomic mass is 16.5. The fourth-order valence-corrected chi connectivity index (χ4v) is 6.38. The molecule has 0 aromatic heterocycles. The van der Waals surface area contributed by atoms with E-state index < -0.39 is 0 Å². The van der Waals surface area contributed by atoms with Crippen LogP contribution in [0.25, 0.3) is 10.8 Å². The van der Waals surface area contributed by atoms with E-state index in [4.69, 9.17) is 23.7 Å². The first-order valence-electron chi connectivity index (χ1n) is 23.4. The van der Waals surface area contributed by atoms with Crippen LogP contribution in [0.4, 0.5) is 0 Å². The quantitative estimate of drug-likeness (QED) is 0.0995. The number of hydrogen-bond donors (Lipinski definition) is 0. The minimum absolute atomic E-state index is 0.0156. The molecule has 0 bridgehead atoms. The van der Waals surface area contributed by atoms with Crippen LogP contribution in [0.2, 0.25) is 0 Å². The zero-order chi connectivity index (χ0) is 56.4. The molecule has 0 aliphatic heterocycles. The topological polar surface area (TPSA) is 183 Å².